The lowest BCUT2D eigenvalue weighted by atomic mass is 9.78. The van der Waals surface area contributed by atoms with Crippen molar-refractivity contribution in [1.82, 2.24) is 5.32 Å². The molecule has 4 nitrogen and oxygen atoms in total. The van der Waals surface area contributed by atoms with E-state index in [9.17, 15) is 14.0 Å². The third kappa shape index (κ3) is 4.76. The van der Waals surface area contributed by atoms with Gasteiger partial charge in [0.15, 0.2) is 0 Å². The van der Waals surface area contributed by atoms with E-state index in [1.54, 1.807) is 30.3 Å². The van der Waals surface area contributed by atoms with Crippen LogP contribution in [0.2, 0.25) is 5.02 Å². The number of amides is 2. The molecule has 1 aliphatic heterocycles. The second-order valence-corrected chi connectivity index (χ2v) is 11.2. The van der Waals surface area contributed by atoms with E-state index in [-0.39, 0.29) is 35.0 Å². The zero-order valence-electron chi connectivity index (χ0n) is 20.3. The SMILES string of the molecule is C[C@H]1[C@H](C)CCC[C@H]1NC(=O)c1ccc2c(c1)N(Cc1c(F)cccc1Cl)C(=O)c1ccccc1S2. The van der Waals surface area contributed by atoms with Crippen molar-refractivity contribution in [3.8, 4) is 0 Å². The molecule has 2 amide bonds. The summed E-state index contributed by atoms with van der Waals surface area (Å²) in [7, 11) is 0. The lowest BCUT2D eigenvalue weighted by molar-refractivity contribution is 0.0889. The third-order valence-corrected chi connectivity index (χ3v) is 8.99. The molecule has 1 N–H and O–H groups in total. The van der Waals surface area contributed by atoms with E-state index in [1.165, 1.54) is 29.1 Å². The van der Waals surface area contributed by atoms with Crippen molar-refractivity contribution in [1.29, 1.82) is 0 Å². The van der Waals surface area contributed by atoms with Gasteiger partial charge in [0, 0.05) is 32.0 Å². The van der Waals surface area contributed by atoms with Crippen LogP contribution in [-0.4, -0.2) is 17.9 Å². The van der Waals surface area contributed by atoms with Gasteiger partial charge in [-0.3, -0.25) is 9.59 Å². The molecule has 0 unspecified atom stereocenters. The highest BCUT2D eigenvalue weighted by atomic mass is 35.5. The van der Waals surface area contributed by atoms with Crippen LogP contribution in [0.5, 0.6) is 0 Å². The molecular formula is C29H28ClFN2O2S. The fraction of sp³-hybridized carbons (Fsp3) is 0.310. The molecule has 1 saturated carbocycles. The van der Waals surface area contributed by atoms with Crippen LogP contribution in [0.15, 0.2) is 70.5 Å². The Morgan fingerprint density at radius 2 is 1.89 bits per heavy atom. The second kappa shape index (κ2) is 10.3. The summed E-state index contributed by atoms with van der Waals surface area (Å²) < 4.78 is 14.8. The number of carbonyl (C=O) groups is 2. The number of fused-ring (bicyclic) bond motifs is 2. The lowest BCUT2D eigenvalue weighted by Gasteiger charge is -2.34. The van der Waals surface area contributed by atoms with Crippen molar-refractivity contribution in [2.75, 3.05) is 4.90 Å². The fourth-order valence-electron chi connectivity index (χ4n) is 5.10. The van der Waals surface area contributed by atoms with E-state index in [1.807, 2.05) is 24.3 Å². The topological polar surface area (TPSA) is 49.4 Å². The van der Waals surface area contributed by atoms with Gasteiger partial charge in [0.25, 0.3) is 11.8 Å². The minimum atomic E-state index is -0.476. The first-order valence-corrected chi connectivity index (χ1v) is 13.5. The molecular weight excluding hydrogens is 495 g/mol. The monoisotopic (exact) mass is 522 g/mol. The molecule has 186 valence electrons. The van der Waals surface area contributed by atoms with E-state index in [4.69, 9.17) is 11.6 Å². The summed E-state index contributed by atoms with van der Waals surface area (Å²) in [5.41, 5.74) is 1.81. The van der Waals surface area contributed by atoms with Crippen molar-refractivity contribution in [3.05, 3.63) is 88.2 Å². The van der Waals surface area contributed by atoms with Crippen LogP contribution in [0, 0.1) is 17.7 Å². The Bertz CT molecular complexity index is 1310. The van der Waals surface area contributed by atoms with E-state index in [0.29, 0.717) is 28.7 Å². The van der Waals surface area contributed by atoms with Gasteiger partial charge in [-0.15, -0.1) is 0 Å². The first kappa shape index (κ1) is 24.8. The van der Waals surface area contributed by atoms with Gasteiger partial charge < -0.3 is 10.2 Å². The second-order valence-electron chi connectivity index (χ2n) is 9.72. The van der Waals surface area contributed by atoms with Gasteiger partial charge in [-0.1, -0.05) is 68.3 Å². The first-order chi connectivity index (χ1) is 17.3. The molecule has 1 heterocycles. The number of nitrogens with one attached hydrogen (secondary N) is 1. The van der Waals surface area contributed by atoms with Gasteiger partial charge in [0.1, 0.15) is 5.82 Å². The Morgan fingerprint density at radius 3 is 2.69 bits per heavy atom. The smallest absolute Gasteiger partial charge is 0.259 e. The summed E-state index contributed by atoms with van der Waals surface area (Å²) in [6.45, 7) is 4.38. The van der Waals surface area contributed by atoms with Crippen molar-refractivity contribution in [3.63, 3.8) is 0 Å². The molecule has 7 heteroatoms. The van der Waals surface area contributed by atoms with Crippen molar-refractivity contribution in [2.45, 2.75) is 55.5 Å². The zero-order chi connectivity index (χ0) is 25.4. The normalized spacial score (nSPS) is 21.4. The van der Waals surface area contributed by atoms with Gasteiger partial charge in [-0.2, -0.15) is 0 Å². The zero-order valence-corrected chi connectivity index (χ0v) is 21.8. The average Bonchev–Trinajstić information content (AvgIpc) is 2.98. The van der Waals surface area contributed by atoms with Gasteiger partial charge in [-0.05, 0) is 60.7 Å². The summed E-state index contributed by atoms with van der Waals surface area (Å²) >= 11 is 7.80. The maximum Gasteiger partial charge on any atom is 0.259 e. The van der Waals surface area contributed by atoms with E-state index in [2.05, 4.69) is 19.2 Å². The summed E-state index contributed by atoms with van der Waals surface area (Å²) in [4.78, 5) is 30.2. The summed E-state index contributed by atoms with van der Waals surface area (Å²) in [5, 5.41) is 3.47. The molecule has 1 aliphatic carbocycles. The molecule has 3 aromatic rings. The van der Waals surface area contributed by atoms with Crippen LogP contribution in [0.25, 0.3) is 0 Å². The quantitative estimate of drug-likeness (QED) is 0.390. The molecule has 3 aromatic carbocycles. The highest BCUT2D eigenvalue weighted by Gasteiger charge is 2.31. The summed E-state index contributed by atoms with van der Waals surface area (Å²) in [6.07, 6.45) is 3.24. The van der Waals surface area contributed by atoms with Crippen molar-refractivity contribution in [2.24, 2.45) is 11.8 Å². The lowest BCUT2D eigenvalue weighted by Crippen LogP contribution is -2.43. The van der Waals surface area contributed by atoms with Crippen LogP contribution < -0.4 is 10.2 Å². The Morgan fingerprint density at radius 1 is 1.08 bits per heavy atom. The number of carbonyl (C=O) groups excluding carboxylic acids is 2. The number of rotatable bonds is 4. The number of halogens is 2. The molecule has 0 saturated heterocycles. The Balaban J connectivity index is 1.53. The molecule has 0 spiro atoms. The molecule has 36 heavy (non-hydrogen) atoms. The predicted octanol–water partition coefficient (Wildman–Crippen LogP) is 7.35. The number of nitrogens with zero attached hydrogens (tertiary/aromatic N) is 1. The fourth-order valence-corrected chi connectivity index (χ4v) is 6.38. The van der Waals surface area contributed by atoms with Crippen LogP contribution >= 0.6 is 23.4 Å². The van der Waals surface area contributed by atoms with Gasteiger partial charge >= 0.3 is 0 Å². The van der Waals surface area contributed by atoms with Crippen molar-refractivity contribution < 1.29 is 14.0 Å². The Kier molecular flexibility index (Phi) is 7.09. The molecule has 0 radical (unpaired) electrons. The van der Waals surface area contributed by atoms with E-state index >= 15 is 0 Å². The summed E-state index contributed by atoms with van der Waals surface area (Å²) in [5.74, 6) is 0.0612. The van der Waals surface area contributed by atoms with Gasteiger partial charge in [0.2, 0.25) is 0 Å². The van der Waals surface area contributed by atoms with E-state index < -0.39 is 5.82 Å². The third-order valence-electron chi connectivity index (χ3n) is 7.50. The van der Waals surface area contributed by atoms with Gasteiger partial charge in [0.05, 0.1) is 17.8 Å². The molecule has 0 aromatic heterocycles. The largest absolute Gasteiger partial charge is 0.349 e. The minimum Gasteiger partial charge on any atom is -0.349 e. The molecule has 1 fully saturated rings. The summed E-state index contributed by atoms with van der Waals surface area (Å²) in [6, 6.07) is 17.4. The first-order valence-electron chi connectivity index (χ1n) is 12.3. The molecule has 0 bridgehead atoms. The number of hydrogen-bond acceptors (Lipinski definition) is 3. The van der Waals surface area contributed by atoms with Gasteiger partial charge in [-0.25, -0.2) is 4.39 Å². The molecule has 2 aliphatic rings. The highest BCUT2D eigenvalue weighted by molar-refractivity contribution is 7.99. The minimum absolute atomic E-state index is 0.0471. The van der Waals surface area contributed by atoms with Crippen LogP contribution in [-0.2, 0) is 6.54 Å². The average molecular weight is 523 g/mol. The van der Waals surface area contributed by atoms with Crippen molar-refractivity contribution >= 4 is 40.9 Å². The highest BCUT2D eigenvalue weighted by Crippen LogP contribution is 2.43. The van der Waals surface area contributed by atoms with E-state index in [0.717, 1.165) is 22.6 Å². The maximum absolute atomic E-state index is 14.8. The maximum atomic E-state index is 14.8. The standard InChI is InChI=1S/C29H28ClFN2O2S/c1-17-7-5-11-24(18(17)2)32-28(34)19-13-14-27-25(15-19)33(16-21-22(30)9-6-10-23(21)31)29(35)20-8-3-4-12-26(20)36-27/h3-4,6,8-10,12-15,17-18,24H,5,7,11,16H2,1-2H3,(H,32,34)/t17-,18+,24-/m1/s1. The van der Waals surface area contributed by atoms with Crippen LogP contribution in [0.3, 0.4) is 0 Å². The predicted molar refractivity (Wildman–Crippen MR) is 142 cm³/mol. The molecule has 5 rings (SSSR count). The van der Waals surface area contributed by atoms with Crippen LogP contribution in [0.4, 0.5) is 10.1 Å². The molecule has 3 atom stereocenters. The number of hydrogen-bond donors (Lipinski definition) is 1. The Labute approximate surface area is 220 Å². The number of benzene rings is 3. The van der Waals surface area contributed by atoms with Crippen LogP contribution in [0.1, 0.15) is 59.4 Å². The Hall–Kier alpha value is -2.83. The number of anilines is 1.